The SMILES string of the molecule is CC(c1ccccc1)N1Cc2cccc(-c3c4ccccc4nc4ccccc34)c2-c2c(cccc2-c2c3ccccc3nc3ccccc23)C1. The van der Waals surface area contributed by atoms with Gasteiger partial charge in [0.15, 0.2) is 0 Å². The first-order valence-electron chi connectivity index (χ1n) is 17.8. The van der Waals surface area contributed by atoms with Crippen LogP contribution in [0.1, 0.15) is 29.7 Å². The molecule has 0 spiro atoms. The van der Waals surface area contributed by atoms with Crippen LogP contribution in [0.25, 0.3) is 77.0 Å². The lowest BCUT2D eigenvalue weighted by Gasteiger charge is -2.29. The van der Waals surface area contributed by atoms with Crippen molar-refractivity contribution in [1.82, 2.24) is 14.9 Å². The number of nitrogens with zero attached hydrogens (tertiary/aromatic N) is 3. The van der Waals surface area contributed by atoms with Crippen LogP contribution in [0, 0.1) is 0 Å². The molecule has 0 bridgehead atoms. The first kappa shape index (κ1) is 29.7. The van der Waals surface area contributed by atoms with E-state index in [-0.39, 0.29) is 6.04 Å². The highest BCUT2D eigenvalue weighted by Crippen LogP contribution is 2.50. The van der Waals surface area contributed by atoms with Crippen molar-refractivity contribution < 1.29 is 0 Å². The standard InChI is InChI=1S/C48H35N3/c1-31(32-15-3-2-4-16-32)51-29-33-17-13-23-39(47-35-19-5-9-25-41(35)49-42-26-10-6-20-36(42)47)45(33)46-34(30-51)18-14-24-40(46)48-37-21-7-11-27-43(37)50-44-28-12-8-22-38(44)48/h2-28,31H,29-30H2,1H3. The van der Waals surface area contributed by atoms with Crippen LogP contribution in [0.2, 0.25) is 0 Å². The van der Waals surface area contributed by atoms with E-state index in [1.54, 1.807) is 0 Å². The minimum atomic E-state index is 0.225. The van der Waals surface area contributed by atoms with Crippen LogP contribution in [0.15, 0.2) is 164 Å². The zero-order valence-corrected chi connectivity index (χ0v) is 28.4. The van der Waals surface area contributed by atoms with Crippen molar-refractivity contribution in [3.63, 3.8) is 0 Å². The van der Waals surface area contributed by atoms with E-state index >= 15 is 0 Å². The molecule has 1 aliphatic rings. The molecule has 242 valence electrons. The summed E-state index contributed by atoms with van der Waals surface area (Å²) in [5.74, 6) is 0. The first-order valence-corrected chi connectivity index (χ1v) is 17.8. The van der Waals surface area contributed by atoms with E-state index < -0.39 is 0 Å². The van der Waals surface area contributed by atoms with Gasteiger partial charge in [-0.1, -0.05) is 140 Å². The maximum absolute atomic E-state index is 5.13. The minimum Gasteiger partial charge on any atom is -0.288 e. The van der Waals surface area contributed by atoms with Crippen molar-refractivity contribution >= 4 is 43.6 Å². The van der Waals surface area contributed by atoms with Crippen molar-refractivity contribution in [3.05, 3.63) is 180 Å². The fourth-order valence-corrected chi connectivity index (χ4v) is 8.44. The highest BCUT2D eigenvalue weighted by Gasteiger charge is 2.29. The molecule has 3 heterocycles. The van der Waals surface area contributed by atoms with Gasteiger partial charge >= 0.3 is 0 Å². The second-order valence-electron chi connectivity index (χ2n) is 13.7. The quantitative estimate of drug-likeness (QED) is 0.177. The number of hydrogen-bond donors (Lipinski definition) is 0. The molecule has 1 unspecified atom stereocenters. The smallest absolute Gasteiger partial charge is 0.0715 e. The Balaban J connectivity index is 1.34. The molecule has 7 aromatic carbocycles. The summed E-state index contributed by atoms with van der Waals surface area (Å²) < 4.78 is 0. The predicted molar refractivity (Wildman–Crippen MR) is 212 cm³/mol. The predicted octanol–water partition coefficient (Wildman–Crippen LogP) is 12.2. The van der Waals surface area contributed by atoms with Crippen molar-refractivity contribution in [2.45, 2.75) is 26.1 Å². The van der Waals surface area contributed by atoms with E-state index in [1.807, 2.05) is 0 Å². The molecule has 0 fully saturated rings. The largest absolute Gasteiger partial charge is 0.288 e. The van der Waals surface area contributed by atoms with Crippen LogP contribution in [0.5, 0.6) is 0 Å². The Morgan fingerprint density at radius 2 is 0.765 bits per heavy atom. The van der Waals surface area contributed by atoms with Gasteiger partial charge in [0.2, 0.25) is 0 Å². The number of benzene rings is 7. The normalized spacial score (nSPS) is 13.7. The van der Waals surface area contributed by atoms with Gasteiger partial charge < -0.3 is 0 Å². The molecule has 3 heteroatoms. The van der Waals surface area contributed by atoms with Gasteiger partial charge in [-0.05, 0) is 70.1 Å². The molecule has 2 aromatic heterocycles. The van der Waals surface area contributed by atoms with E-state index in [4.69, 9.17) is 9.97 Å². The summed E-state index contributed by atoms with van der Waals surface area (Å²) in [6.45, 7) is 4.00. The molecule has 0 amide bonds. The summed E-state index contributed by atoms with van der Waals surface area (Å²) in [4.78, 5) is 12.9. The van der Waals surface area contributed by atoms with Crippen molar-refractivity contribution in [2.24, 2.45) is 0 Å². The number of aromatic nitrogens is 2. The zero-order chi connectivity index (χ0) is 33.9. The fourth-order valence-electron chi connectivity index (χ4n) is 8.44. The van der Waals surface area contributed by atoms with Crippen molar-refractivity contribution in [1.29, 1.82) is 0 Å². The number of hydrogen-bond acceptors (Lipinski definition) is 3. The summed E-state index contributed by atoms with van der Waals surface area (Å²) in [6.07, 6.45) is 0. The number of rotatable bonds is 4. The van der Waals surface area contributed by atoms with Gasteiger partial charge in [0.1, 0.15) is 0 Å². The van der Waals surface area contributed by atoms with E-state index in [2.05, 4.69) is 176 Å². The third-order valence-electron chi connectivity index (χ3n) is 10.8. The highest BCUT2D eigenvalue weighted by atomic mass is 15.1. The van der Waals surface area contributed by atoms with Gasteiger partial charge in [0, 0.05) is 51.8 Å². The second kappa shape index (κ2) is 12.0. The van der Waals surface area contributed by atoms with Crippen molar-refractivity contribution in [2.75, 3.05) is 0 Å². The lowest BCUT2D eigenvalue weighted by atomic mass is 9.82. The van der Waals surface area contributed by atoms with Gasteiger partial charge in [-0.25, -0.2) is 9.97 Å². The Kier molecular flexibility index (Phi) is 7.00. The minimum absolute atomic E-state index is 0.225. The third-order valence-corrected chi connectivity index (χ3v) is 10.8. The third kappa shape index (κ3) is 4.85. The van der Waals surface area contributed by atoms with Gasteiger partial charge in [-0.15, -0.1) is 0 Å². The van der Waals surface area contributed by atoms with Crippen molar-refractivity contribution in [3.8, 4) is 33.4 Å². The van der Waals surface area contributed by atoms with Gasteiger partial charge in [0.25, 0.3) is 0 Å². The molecule has 1 atom stereocenters. The molecule has 3 nitrogen and oxygen atoms in total. The van der Waals surface area contributed by atoms with E-state index in [0.717, 1.165) is 35.2 Å². The summed E-state index contributed by atoms with van der Waals surface area (Å²) in [5.41, 5.74) is 15.6. The highest BCUT2D eigenvalue weighted by molar-refractivity contribution is 6.16. The van der Waals surface area contributed by atoms with E-state index in [9.17, 15) is 0 Å². The van der Waals surface area contributed by atoms with Gasteiger partial charge in [-0.3, -0.25) is 4.90 Å². The molecule has 0 aliphatic carbocycles. The van der Waals surface area contributed by atoms with Crippen LogP contribution in [0.3, 0.4) is 0 Å². The van der Waals surface area contributed by atoms with E-state index in [1.165, 1.54) is 71.6 Å². The lowest BCUT2D eigenvalue weighted by molar-refractivity contribution is 0.194. The molecule has 1 aliphatic heterocycles. The Hall–Kier alpha value is -6.16. The maximum atomic E-state index is 5.13. The Morgan fingerprint density at radius 1 is 0.392 bits per heavy atom. The van der Waals surface area contributed by atoms with Crippen LogP contribution in [0.4, 0.5) is 0 Å². The van der Waals surface area contributed by atoms with E-state index in [0.29, 0.717) is 0 Å². The Labute approximate surface area is 297 Å². The second-order valence-corrected chi connectivity index (χ2v) is 13.7. The number of para-hydroxylation sites is 4. The lowest BCUT2D eigenvalue weighted by Crippen LogP contribution is -2.25. The Bertz CT molecular complexity index is 2510. The molecular formula is C48H35N3. The Morgan fingerprint density at radius 3 is 1.18 bits per heavy atom. The monoisotopic (exact) mass is 653 g/mol. The molecular weight excluding hydrogens is 619 g/mol. The van der Waals surface area contributed by atoms with Gasteiger partial charge in [-0.2, -0.15) is 0 Å². The maximum Gasteiger partial charge on any atom is 0.0715 e. The molecule has 10 rings (SSSR count). The zero-order valence-electron chi connectivity index (χ0n) is 28.4. The van der Waals surface area contributed by atoms with Crippen LogP contribution >= 0.6 is 0 Å². The molecule has 0 N–H and O–H groups in total. The number of fused-ring (bicyclic) bond motifs is 7. The molecule has 0 saturated heterocycles. The average molecular weight is 654 g/mol. The topological polar surface area (TPSA) is 29.0 Å². The summed E-state index contributed by atoms with van der Waals surface area (Å²) in [6, 6.07) is 59.5. The number of pyridine rings is 2. The van der Waals surface area contributed by atoms with Crippen LogP contribution in [-0.4, -0.2) is 14.9 Å². The molecule has 0 saturated carbocycles. The first-order chi connectivity index (χ1) is 25.2. The van der Waals surface area contributed by atoms with Gasteiger partial charge in [0.05, 0.1) is 22.1 Å². The summed E-state index contributed by atoms with van der Waals surface area (Å²) >= 11 is 0. The summed E-state index contributed by atoms with van der Waals surface area (Å²) in [5, 5.41) is 4.67. The summed E-state index contributed by atoms with van der Waals surface area (Å²) in [7, 11) is 0. The molecule has 9 aromatic rings. The molecule has 0 radical (unpaired) electrons. The van der Waals surface area contributed by atoms with Crippen LogP contribution < -0.4 is 0 Å². The molecule has 51 heavy (non-hydrogen) atoms. The fraction of sp³-hybridized carbons (Fsp3) is 0.0833. The average Bonchev–Trinajstić information content (AvgIpc) is 3.36. The van der Waals surface area contributed by atoms with Crippen LogP contribution in [-0.2, 0) is 13.1 Å².